The van der Waals surface area contributed by atoms with E-state index in [4.69, 9.17) is 5.11 Å². The van der Waals surface area contributed by atoms with Crippen molar-refractivity contribution in [1.29, 1.82) is 0 Å². The van der Waals surface area contributed by atoms with Crippen LogP contribution in [0.15, 0.2) is 24.3 Å². The van der Waals surface area contributed by atoms with Gasteiger partial charge in [-0.3, -0.25) is 0 Å². The summed E-state index contributed by atoms with van der Waals surface area (Å²) in [6.45, 7) is 0. The molecule has 0 aromatic heterocycles. The lowest BCUT2D eigenvalue weighted by Crippen LogP contribution is -2.13. The van der Waals surface area contributed by atoms with Crippen molar-refractivity contribution >= 4 is 5.97 Å². The van der Waals surface area contributed by atoms with E-state index in [1.807, 2.05) is 0 Å². The second kappa shape index (κ2) is 3.91. The highest BCUT2D eigenvalue weighted by Gasteiger charge is 2.16. The van der Waals surface area contributed by atoms with E-state index in [1.165, 1.54) is 31.4 Å². The molecule has 2 N–H and O–H groups in total. The van der Waals surface area contributed by atoms with Gasteiger partial charge in [0.25, 0.3) is 0 Å². The molecule has 13 heavy (non-hydrogen) atoms. The maximum Gasteiger partial charge on any atom is 0.339 e. The van der Waals surface area contributed by atoms with Crippen LogP contribution in [-0.2, 0) is 9.53 Å². The lowest BCUT2D eigenvalue weighted by molar-refractivity contribution is -0.150. The molecule has 0 aliphatic heterocycles. The largest absolute Gasteiger partial charge is 0.508 e. The fourth-order valence-electron chi connectivity index (χ4n) is 0.904. The van der Waals surface area contributed by atoms with Crippen LogP contribution in [0.1, 0.15) is 11.7 Å². The van der Waals surface area contributed by atoms with Crippen molar-refractivity contribution in [3.8, 4) is 5.75 Å². The van der Waals surface area contributed by atoms with Crippen molar-refractivity contribution in [1.82, 2.24) is 0 Å². The number of rotatable bonds is 2. The Morgan fingerprint density at radius 1 is 1.38 bits per heavy atom. The van der Waals surface area contributed by atoms with Crippen LogP contribution < -0.4 is 0 Å². The van der Waals surface area contributed by atoms with Crippen LogP contribution in [0.25, 0.3) is 0 Å². The van der Waals surface area contributed by atoms with E-state index in [-0.39, 0.29) is 5.75 Å². The highest BCUT2D eigenvalue weighted by atomic mass is 16.5. The predicted octanol–water partition coefficient (Wildman–Crippen LogP) is 0.599. The molecular weight excluding hydrogens is 172 g/mol. The van der Waals surface area contributed by atoms with Crippen LogP contribution in [0.2, 0.25) is 0 Å². The number of hydrogen-bond acceptors (Lipinski definition) is 4. The molecule has 0 radical (unpaired) electrons. The first-order valence-electron chi connectivity index (χ1n) is 3.70. The topological polar surface area (TPSA) is 66.8 Å². The molecule has 0 spiro atoms. The molecule has 1 atom stereocenters. The maximum atomic E-state index is 10.9. The number of aliphatic hydroxyl groups excluding tert-OH is 1. The molecule has 1 aromatic carbocycles. The minimum atomic E-state index is -1.29. The summed E-state index contributed by atoms with van der Waals surface area (Å²) in [7, 11) is 1.20. The Morgan fingerprint density at radius 2 is 1.92 bits per heavy atom. The van der Waals surface area contributed by atoms with E-state index in [9.17, 15) is 9.90 Å². The Morgan fingerprint density at radius 3 is 2.38 bits per heavy atom. The first-order valence-corrected chi connectivity index (χ1v) is 3.70. The van der Waals surface area contributed by atoms with Crippen LogP contribution >= 0.6 is 0 Å². The summed E-state index contributed by atoms with van der Waals surface area (Å²) in [5, 5.41) is 18.3. The van der Waals surface area contributed by atoms with Crippen molar-refractivity contribution in [3.05, 3.63) is 29.8 Å². The fraction of sp³-hybridized carbons (Fsp3) is 0.222. The smallest absolute Gasteiger partial charge is 0.339 e. The van der Waals surface area contributed by atoms with Crippen LogP contribution in [0.4, 0.5) is 0 Å². The Balaban J connectivity index is 2.83. The molecule has 4 heteroatoms. The second-order valence-corrected chi connectivity index (χ2v) is 2.52. The van der Waals surface area contributed by atoms with Crippen molar-refractivity contribution in [2.75, 3.05) is 7.11 Å². The number of aliphatic hydroxyl groups is 1. The van der Waals surface area contributed by atoms with E-state index in [1.54, 1.807) is 0 Å². The van der Waals surface area contributed by atoms with Gasteiger partial charge in [0, 0.05) is 0 Å². The number of benzene rings is 1. The Kier molecular flexibility index (Phi) is 2.87. The van der Waals surface area contributed by atoms with E-state index < -0.39 is 12.1 Å². The quantitative estimate of drug-likeness (QED) is 0.657. The van der Waals surface area contributed by atoms with Crippen LogP contribution in [-0.4, -0.2) is 23.3 Å². The summed E-state index contributed by atoms with van der Waals surface area (Å²) < 4.78 is 4.35. The van der Waals surface area contributed by atoms with Gasteiger partial charge in [-0.1, -0.05) is 12.1 Å². The second-order valence-electron chi connectivity index (χ2n) is 2.52. The molecule has 0 fully saturated rings. The van der Waals surface area contributed by atoms with E-state index >= 15 is 0 Å². The van der Waals surface area contributed by atoms with Gasteiger partial charge in [-0.05, 0) is 17.7 Å². The van der Waals surface area contributed by atoms with Gasteiger partial charge in [-0.25, -0.2) is 4.79 Å². The molecule has 0 aliphatic rings. The molecule has 0 bridgehead atoms. The zero-order valence-corrected chi connectivity index (χ0v) is 7.10. The Hall–Kier alpha value is -1.55. The number of carbonyl (C=O) groups is 1. The number of methoxy groups -OCH3 is 1. The first kappa shape index (κ1) is 9.54. The number of esters is 1. The third-order valence-corrected chi connectivity index (χ3v) is 1.63. The van der Waals surface area contributed by atoms with E-state index in [0.29, 0.717) is 5.56 Å². The molecule has 0 aliphatic carbocycles. The van der Waals surface area contributed by atoms with E-state index in [2.05, 4.69) is 4.74 Å². The molecule has 0 unspecified atom stereocenters. The standard InChI is InChI=1S/C9H10O4/c1-13-9(12)8(11)6-2-4-7(10)5-3-6/h2-5,8,10-11H,1H3/t8-/m0/s1. The third kappa shape index (κ3) is 2.19. The van der Waals surface area contributed by atoms with Gasteiger partial charge in [0.15, 0.2) is 6.10 Å². The zero-order valence-electron chi connectivity index (χ0n) is 7.10. The average Bonchev–Trinajstić information content (AvgIpc) is 2.17. The van der Waals surface area contributed by atoms with Gasteiger partial charge in [0.05, 0.1) is 7.11 Å². The normalized spacial score (nSPS) is 12.2. The summed E-state index contributed by atoms with van der Waals surface area (Å²) >= 11 is 0. The van der Waals surface area contributed by atoms with Gasteiger partial charge >= 0.3 is 5.97 Å². The summed E-state index contributed by atoms with van der Waals surface area (Å²) in [4.78, 5) is 10.9. The minimum Gasteiger partial charge on any atom is -0.508 e. The van der Waals surface area contributed by atoms with Crippen LogP contribution in [0, 0.1) is 0 Å². The molecule has 0 heterocycles. The van der Waals surface area contributed by atoms with Crippen molar-refractivity contribution < 1.29 is 19.7 Å². The SMILES string of the molecule is COC(=O)[C@@H](O)c1ccc(O)cc1. The molecule has 1 rings (SSSR count). The van der Waals surface area contributed by atoms with E-state index in [0.717, 1.165) is 0 Å². The maximum absolute atomic E-state index is 10.9. The van der Waals surface area contributed by atoms with Gasteiger partial charge < -0.3 is 14.9 Å². The van der Waals surface area contributed by atoms with Crippen molar-refractivity contribution in [2.24, 2.45) is 0 Å². The third-order valence-electron chi connectivity index (χ3n) is 1.63. The van der Waals surface area contributed by atoms with Crippen molar-refractivity contribution in [3.63, 3.8) is 0 Å². The lowest BCUT2D eigenvalue weighted by Gasteiger charge is -2.07. The van der Waals surface area contributed by atoms with Crippen LogP contribution in [0.3, 0.4) is 0 Å². The Bertz CT molecular complexity index is 291. The minimum absolute atomic E-state index is 0.0841. The molecule has 0 saturated carbocycles. The number of phenolic OH excluding ortho intramolecular Hbond substituents is 1. The Labute approximate surface area is 75.4 Å². The molecule has 0 amide bonds. The zero-order chi connectivity index (χ0) is 9.84. The van der Waals surface area contributed by atoms with Gasteiger partial charge in [-0.15, -0.1) is 0 Å². The molecule has 4 nitrogen and oxygen atoms in total. The molecule has 70 valence electrons. The van der Waals surface area contributed by atoms with Gasteiger partial charge in [-0.2, -0.15) is 0 Å². The number of ether oxygens (including phenoxy) is 1. The summed E-state index contributed by atoms with van der Waals surface area (Å²) in [5.41, 5.74) is 0.393. The highest BCUT2D eigenvalue weighted by molar-refractivity contribution is 5.76. The summed E-state index contributed by atoms with van der Waals surface area (Å²) in [6.07, 6.45) is -1.29. The van der Waals surface area contributed by atoms with Crippen LogP contribution in [0.5, 0.6) is 5.75 Å². The molecule has 1 aromatic rings. The fourth-order valence-corrected chi connectivity index (χ4v) is 0.904. The number of hydrogen-bond donors (Lipinski definition) is 2. The highest BCUT2D eigenvalue weighted by Crippen LogP contribution is 2.17. The molecule has 0 saturated heterocycles. The predicted molar refractivity (Wildman–Crippen MR) is 45.1 cm³/mol. The first-order chi connectivity index (χ1) is 6.15. The summed E-state index contributed by atoms with van der Waals surface area (Å²) in [6, 6.07) is 5.69. The number of carbonyl (C=O) groups excluding carboxylic acids is 1. The van der Waals surface area contributed by atoms with Gasteiger partial charge in [0.2, 0.25) is 0 Å². The average molecular weight is 182 g/mol. The summed E-state index contributed by atoms with van der Waals surface area (Å²) in [5.74, 6) is -0.633. The number of phenols is 1. The van der Waals surface area contributed by atoms with Crippen molar-refractivity contribution in [2.45, 2.75) is 6.10 Å². The lowest BCUT2D eigenvalue weighted by atomic mass is 10.1. The monoisotopic (exact) mass is 182 g/mol. The molecular formula is C9H10O4. The number of aromatic hydroxyl groups is 1. The van der Waals surface area contributed by atoms with Gasteiger partial charge in [0.1, 0.15) is 5.75 Å².